The molecule has 2 aliphatic heterocycles. The number of piperidine rings is 1. The van der Waals surface area contributed by atoms with Gasteiger partial charge >= 0.3 is 0 Å². The van der Waals surface area contributed by atoms with E-state index in [0.29, 0.717) is 0 Å². The maximum atomic E-state index is 5.52. The normalized spacial score (nSPS) is 26.8. The molecular weight excluding hydrogens is 222 g/mol. The molecule has 0 aromatic heterocycles. The molecule has 0 aromatic rings. The minimum Gasteiger partial charge on any atom is -0.330 e. The van der Waals surface area contributed by atoms with E-state index >= 15 is 0 Å². The summed E-state index contributed by atoms with van der Waals surface area (Å²) in [4.78, 5) is 5.43. The second-order valence-corrected chi connectivity index (χ2v) is 6.04. The minimum atomic E-state index is 0.862. The van der Waals surface area contributed by atoms with Crippen molar-refractivity contribution < 1.29 is 0 Å². The van der Waals surface area contributed by atoms with E-state index in [0.717, 1.165) is 12.6 Å². The molecule has 2 aliphatic rings. The lowest BCUT2D eigenvalue weighted by Crippen LogP contribution is -2.40. The van der Waals surface area contributed by atoms with Gasteiger partial charge in [0.1, 0.15) is 0 Å². The maximum absolute atomic E-state index is 5.52. The van der Waals surface area contributed by atoms with Gasteiger partial charge in [-0.05, 0) is 64.8 Å². The van der Waals surface area contributed by atoms with Gasteiger partial charge in [-0.3, -0.25) is 4.90 Å². The topological polar surface area (TPSA) is 32.5 Å². The first-order chi connectivity index (χ1) is 8.90. The SMILES string of the molecule is NCCCCCCN1CCC(N2CCCCC2)C1. The number of likely N-dealkylation sites (tertiary alicyclic amines) is 2. The van der Waals surface area contributed by atoms with E-state index in [-0.39, 0.29) is 0 Å². The zero-order valence-corrected chi connectivity index (χ0v) is 11.9. The zero-order valence-electron chi connectivity index (χ0n) is 11.9. The molecular formula is C15H31N3. The van der Waals surface area contributed by atoms with Crippen molar-refractivity contribution in [1.82, 2.24) is 9.80 Å². The first-order valence-electron chi connectivity index (χ1n) is 8.06. The van der Waals surface area contributed by atoms with Crippen LogP contribution in [0.4, 0.5) is 0 Å². The molecule has 0 saturated carbocycles. The molecule has 18 heavy (non-hydrogen) atoms. The highest BCUT2D eigenvalue weighted by atomic mass is 15.3. The predicted molar refractivity (Wildman–Crippen MR) is 77.8 cm³/mol. The molecule has 2 rings (SSSR count). The summed E-state index contributed by atoms with van der Waals surface area (Å²) in [6.07, 6.45) is 11.0. The van der Waals surface area contributed by atoms with Crippen LogP contribution in [0.25, 0.3) is 0 Å². The molecule has 0 aromatic carbocycles. The van der Waals surface area contributed by atoms with Gasteiger partial charge in [0.15, 0.2) is 0 Å². The third-order valence-electron chi connectivity index (χ3n) is 4.58. The van der Waals surface area contributed by atoms with Crippen molar-refractivity contribution in [3.05, 3.63) is 0 Å². The lowest BCUT2D eigenvalue weighted by molar-refractivity contribution is 0.162. The number of hydrogen-bond acceptors (Lipinski definition) is 3. The Morgan fingerprint density at radius 3 is 2.44 bits per heavy atom. The average molecular weight is 253 g/mol. The first kappa shape index (κ1) is 14.3. The van der Waals surface area contributed by atoms with Crippen LogP contribution in [0.5, 0.6) is 0 Å². The van der Waals surface area contributed by atoms with Gasteiger partial charge in [-0.25, -0.2) is 0 Å². The van der Waals surface area contributed by atoms with Crippen LogP contribution in [-0.4, -0.2) is 55.1 Å². The van der Waals surface area contributed by atoms with Crippen LogP contribution in [-0.2, 0) is 0 Å². The monoisotopic (exact) mass is 253 g/mol. The summed E-state index contributed by atoms with van der Waals surface area (Å²) >= 11 is 0. The molecule has 1 atom stereocenters. The highest BCUT2D eigenvalue weighted by molar-refractivity contribution is 4.84. The molecule has 1 unspecified atom stereocenters. The Hall–Kier alpha value is -0.120. The van der Waals surface area contributed by atoms with Crippen molar-refractivity contribution >= 4 is 0 Å². The lowest BCUT2D eigenvalue weighted by Gasteiger charge is -2.32. The number of hydrogen-bond donors (Lipinski definition) is 1. The molecule has 2 saturated heterocycles. The summed E-state index contributed by atoms with van der Waals surface area (Å²) in [5.74, 6) is 0. The van der Waals surface area contributed by atoms with E-state index in [4.69, 9.17) is 5.73 Å². The smallest absolute Gasteiger partial charge is 0.0235 e. The molecule has 0 bridgehead atoms. The Morgan fingerprint density at radius 2 is 1.67 bits per heavy atom. The third kappa shape index (κ3) is 4.52. The second-order valence-electron chi connectivity index (χ2n) is 6.04. The van der Waals surface area contributed by atoms with Crippen molar-refractivity contribution in [2.45, 2.75) is 57.4 Å². The van der Waals surface area contributed by atoms with E-state index < -0.39 is 0 Å². The Morgan fingerprint density at radius 1 is 0.889 bits per heavy atom. The van der Waals surface area contributed by atoms with Gasteiger partial charge in [-0.15, -0.1) is 0 Å². The van der Waals surface area contributed by atoms with Crippen LogP contribution >= 0.6 is 0 Å². The molecule has 0 aliphatic carbocycles. The Bertz CT molecular complexity index is 214. The lowest BCUT2D eigenvalue weighted by atomic mass is 10.1. The first-order valence-corrected chi connectivity index (χ1v) is 8.06. The van der Waals surface area contributed by atoms with Crippen molar-refractivity contribution in [2.24, 2.45) is 5.73 Å². The second kappa shape index (κ2) is 8.13. The Balaban J connectivity index is 1.56. The van der Waals surface area contributed by atoms with Crippen molar-refractivity contribution in [3.8, 4) is 0 Å². The van der Waals surface area contributed by atoms with Crippen molar-refractivity contribution in [1.29, 1.82) is 0 Å². The van der Waals surface area contributed by atoms with Crippen LogP contribution in [0.2, 0.25) is 0 Å². The van der Waals surface area contributed by atoms with Gasteiger partial charge in [0.2, 0.25) is 0 Å². The van der Waals surface area contributed by atoms with Gasteiger partial charge in [-0.2, -0.15) is 0 Å². The number of unbranched alkanes of at least 4 members (excludes halogenated alkanes) is 3. The molecule has 3 nitrogen and oxygen atoms in total. The van der Waals surface area contributed by atoms with Gasteiger partial charge in [-0.1, -0.05) is 19.3 Å². The maximum Gasteiger partial charge on any atom is 0.0235 e. The number of nitrogens with zero attached hydrogens (tertiary/aromatic N) is 2. The van der Waals surface area contributed by atoms with E-state index in [9.17, 15) is 0 Å². The predicted octanol–water partition coefficient (Wildman–Crippen LogP) is 2.07. The highest BCUT2D eigenvalue weighted by Crippen LogP contribution is 2.20. The van der Waals surface area contributed by atoms with Crippen LogP contribution in [0.3, 0.4) is 0 Å². The fourth-order valence-electron chi connectivity index (χ4n) is 3.43. The Labute approximate surface area is 113 Å². The van der Waals surface area contributed by atoms with E-state index in [1.54, 1.807) is 0 Å². The van der Waals surface area contributed by atoms with Crippen LogP contribution in [0.15, 0.2) is 0 Å². The van der Waals surface area contributed by atoms with E-state index in [2.05, 4.69) is 9.80 Å². The average Bonchev–Trinajstić information content (AvgIpc) is 2.88. The van der Waals surface area contributed by atoms with Crippen LogP contribution < -0.4 is 5.73 Å². The quantitative estimate of drug-likeness (QED) is 0.705. The van der Waals surface area contributed by atoms with Gasteiger partial charge in [0, 0.05) is 12.6 Å². The summed E-state index contributed by atoms with van der Waals surface area (Å²) in [5.41, 5.74) is 5.52. The largest absolute Gasteiger partial charge is 0.330 e. The van der Waals surface area contributed by atoms with Crippen LogP contribution in [0.1, 0.15) is 51.4 Å². The minimum absolute atomic E-state index is 0.862. The molecule has 0 radical (unpaired) electrons. The standard InChI is InChI=1S/C15H31N3/c16-9-4-1-2-5-10-17-13-8-15(14-17)18-11-6-3-7-12-18/h15H,1-14,16H2. The van der Waals surface area contributed by atoms with Crippen molar-refractivity contribution in [2.75, 3.05) is 39.3 Å². The molecule has 2 fully saturated rings. The van der Waals surface area contributed by atoms with Crippen LogP contribution in [0, 0.1) is 0 Å². The molecule has 106 valence electrons. The fourth-order valence-corrected chi connectivity index (χ4v) is 3.43. The van der Waals surface area contributed by atoms with Crippen molar-refractivity contribution in [3.63, 3.8) is 0 Å². The zero-order chi connectivity index (χ0) is 12.6. The number of rotatable bonds is 7. The summed E-state index contributed by atoms with van der Waals surface area (Å²) in [5, 5.41) is 0. The third-order valence-corrected chi connectivity index (χ3v) is 4.58. The van der Waals surface area contributed by atoms with E-state index in [1.165, 1.54) is 84.1 Å². The summed E-state index contributed by atoms with van der Waals surface area (Å²) < 4.78 is 0. The molecule has 2 heterocycles. The summed E-state index contributed by atoms with van der Waals surface area (Å²) in [6.45, 7) is 7.55. The summed E-state index contributed by atoms with van der Waals surface area (Å²) in [6, 6.07) is 0.870. The number of nitrogens with two attached hydrogens (primary N) is 1. The fraction of sp³-hybridized carbons (Fsp3) is 1.00. The van der Waals surface area contributed by atoms with Gasteiger partial charge in [0.25, 0.3) is 0 Å². The Kier molecular flexibility index (Phi) is 6.46. The summed E-state index contributed by atoms with van der Waals surface area (Å²) in [7, 11) is 0. The van der Waals surface area contributed by atoms with Gasteiger partial charge < -0.3 is 10.6 Å². The highest BCUT2D eigenvalue weighted by Gasteiger charge is 2.27. The molecule has 0 spiro atoms. The van der Waals surface area contributed by atoms with E-state index in [1.807, 2.05) is 0 Å². The molecule has 0 amide bonds. The molecule has 2 N–H and O–H groups in total. The molecule has 3 heteroatoms. The van der Waals surface area contributed by atoms with Gasteiger partial charge in [0.05, 0.1) is 0 Å².